The molecule has 0 bridgehead atoms. The minimum Gasteiger partial charge on any atom is -0.340 e. The van der Waals surface area contributed by atoms with E-state index in [-0.39, 0.29) is 6.03 Å². The van der Waals surface area contributed by atoms with Gasteiger partial charge in [0.15, 0.2) is 0 Å². The van der Waals surface area contributed by atoms with E-state index in [9.17, 15) is 4.79 Å². The Morgan fingerprint density at radius 3 is 2.75 bits per heavy atom. The van der Waals surface area contributed by atoms with Gasteiger partial charge < -0.3 is 5.32 Å². The molecule has 0 aliphatic heterocycles. The molecule has 5 heteroatoms. The van der Waals surface area contributed by atoms with E-state index in [0.717, 1.165) is 0 Å². The molecule has 3 N–H and O–H groups in total. The van der Waals surface area contributed by atoms with Crippen molar-refractivity contribution in [1.29, 1.82) is 0 Å². The van der Waals surface area contributed by atoms with Crippen LogP contribution in [0.25, 0.3) is 0 Å². The van der Waals surface area contributed by atoms with Crippen LogP contribution in [0.4, 0.5) is 4.79 Å². The number of carbonyl (C=O) groups is 1. The third-order valence-corrected chi connectivity index (χ3v) is 0.590. The van der Waals surface area contributed by atoms with Crippen LogP contribution in [0.2, 0.25) is 0 Å². The van der Waals surface area contributed by atoms with Gasteiger partial charge in [-0.15, -0.1) is 0 Å². The van der Waals surface area contributed by atoms with E-state index in [1.807, 2.05) is 0 Å². The standard InChI is InChI=1S/C3H7N3OS/c1-4-3(7)6-5-2-8/h2H,1H3,(H,5,8)(H2,4,6,7). The Labute approximate surface area is 52.6 Å². The lowest BCUT2D eigenvalue weighted by Crippen LogP contribution is -2.41. The molecule has 0 aliphatic rings. The van der Waals surface area contributed by atoms with Gasteiger partial charge >= 0.3 is 6.03 Å². The van der Waals surface area contributed by atoms with Gasteiger partial charge in [-0.2, -0.15) is 0 Å². The highest BCUT2D eigenvalue weighted by Crippen LogP contribution is 1.51. The minimum atomic E-state index is -0.314. The summed E-state index contributed by atoms with van der Waals surface area (Å²) in [5.41, 5.74) is 5.75. The molecule has 0 aromatic carbocycles. The SMILES string of the molecule is CNC(=O)NNC=S. The van der Waals surface area contributed by atoms with E-state index in [0.29, 0.717) is 0 Å². The van der Waals surface area contributed by atoms with Gasteiger partial charge in [-0.05, 0) is 0 Å². The first-order chi connectivity index (χ1) is 3.81. The minimum absolute atomic E-state index is 0.314. The van der Waals surface area contributed by atoms with Crippen LogP contribution in [-0.4, -0.2) is 18.6 Å². The maximum Gasteiger partial charge on any atom is 0.333 e. The highest BCUT2D eigenvalue weighted by Gasteiger charge is 1.87. The Balaban J connectivity index is 3.11. The Bertz CT molecular complexity index is 94.5. The average Bonchev–Trinajstić information content (AvgIpc) is 1.83. The molecule has 0 saturated carbocycles. The fraction of sp³-hybridized carbons (Fsp3) is 0.333. The molecule has 0 aromatic heterocycles. The van der Waals surface area contributed by atoms with Gasteiger partial charge in [-0.1, -0.05) is 12.2 Å². The van der Waals surface area contributed by atoms with Crippen molar-refractivity contribution < 1.29 is 4.79 Å². The van der Waals surface area contributed by atoms with Crippen LogP contribution in [0.3, 0.4) is 0 Å². The number of thiocarbonyl (C=S) groups is 1. The van der Waals surface area contributed by atoms with Gasteiger partial charge in [0.05, 0.1) is 5.49 Å². The van der Waals surface area contributed by atoms with Crippen LogP contribution in [0.15, 0.2) is 0 Å². The molecule has 0 unspecified atom stereocenters. The molecule has 0 spiro atoms. The zero-order chi connectivity index (χ0) is 6.41. The Morgan fingerprint density at radius 2 is 2.38 bits per heavy atom. The summed E-state index contributed by atoms with van der Waals surface area (Å²) in [6.07, 6.45) is 0. The van der Waals surface area contributed by atoms with Crippen LogP contribution in [0, 0.1) is 0 Å². The maximum atomic E-state index is 10.2. The third-order valence-electron chi connectivity index (χ3n) is 0.472. The number of urea groups is 1. The summed E-state index contributed by atoms with van der Waals surface area (Å²) in [5, 5.41) is 2.32. The van der Waals surface area contributed by atoms with Crippen molar-refractivity contribution in [2.75, 3.05) is 7.05 Å². The van der Waals surface area contributed by atoms with Gasteiger partial charge in [0.2, 0.25) is 0 Å². The fourth-order valence-corrected chi connectivity index (χ4v) is 0.216. The molecule has 0 aromatic rings. The van der Waals surface area contributed by atoms with Crippen molar-refractivity contribution in [3.05, 3.63) is 0 Å². The lowest BCUT2D eigenvalue weighted by atomic mass is 11.0. The van der Waals surface area contributed by atoms with E-state index in [1.54, 1.807) is 0 Å². The first kappa shape index (κ1) is 7.16. The zero-order valence-corrected chi connectivity index (χ0v) is 5.21. The second-order valence-electron chi connectivity index (χ2n) is 0.966. The Kier molecular flexibility index (Phi) is 3.87. The van der Waals surface area contributed by atoms with E-state index in [1.165, 1.54) is 12.5 Å². The molecular weight excluding hydrogens is 126 g/mol. The number of carbonyl (C=O) groups excluding carboxylic acids is 1. The molecule has 8 heavy (non-hydrogen) atoms. The van der Waals surface area contributed by atoms with Crippen molar-refractivity contribution in [2.45, 2.75) is 0 Å². The first-order valence-electron chi connectivity index (χ1n) is 1.98. The molecule has 2 amide bonds. The summed E-state index contributed by atoms with van der Waals surface area (Å²) in [7, 11) is 1.51. The average molecular weight is 133 g/mol. The van der Waals surface area contributed by atoms with E-state index in [4.69, 9.17) is 0 Å². The van der Waals surface area contributed by atoms with Crippen molar-refractivity contribution in [3.63, 3.8) is 0 Å². The maximum absolute atomic E-state index is 10.2. The number of amides is 2. The molecule has 0 rings (SSSR count). The number of rotatable bonds is 2. The van der Waals surface area contributed by atoms with Gasteiger partial charge in [0.1, 0.15) is 0 Å². The van der Waals surface area contributed by atoms with Crippen molar-refractivity contribution in [1.82, 2.24) is 16.2 Å². The zero-order valence-electron chi connectivity index (χ0n) is 4.39. The molecule has 0 fully saturated rings. The largest absolute Gasteiger partial charge is 0.340 e. The highest BCUT2D eigenvalue weighted by atomic mass is 32.1. The lowest BCUT2D eigenvalue weighted by molar-refractivity contribution is 0.241. The van der Waals surface area contributed by atoms with Crippen LogP contribution >= 0.6 is 12.2 Å². The van der Waals surface area contributed by atoms with Gasteiger partial charge in [0, 0.05) is 7.05 Å². The molecule has 0 heterocycles. The normalized spacial score (nSPS) is 7.12. The number of nitrogens with one attached hydrogen (secondary N) is 3. The molecule has 0 saturated heterocycles. The second kappa shape index (κ2) is 4.32. The molecule has 0 radical (unpaired) electrons. The van der Waals surface area contributed by atoms with Gasteiger partial charge in [-0.3, -0.25) is 10.9 Å². The number of hydrogen-bond acceptors (Lipinski definition) is 2. The van der Waals surface area contributed by atoms with E-state index in [2.05, 4.69) is 28.4 Å². The molecule has 0 atom stereocenters. The third kappa shape index (κ3) is 3.35. The lowest BCUT2D eigenvalue weighted by Gasteiger charge is -1.99. The summed E-state index contributed by atoms with van der Waals surface area (Å²) in [6, 6.07) is -0.314. The van der Waals surface area contributed by atoms with Crippen molar-refractivity contribution >= 4 is 23.7 Å². The van der Waals surface area contributed by atoms with Crippen LogP contribution < -0.4 is 16.2 Å². The van der Waals surface area contributed by atoms with E-state index >= 15 is 0 Å². The summed E-state index contributed by atoms with van der Waals surface area (Å²) in [5.74, 6) is 0. The van der Waals surface area contributed by atoms with Crippen LogP contribution in [-0.2, 0) is 0 Å². The molecule has 46 valence electrons. The van der Waals surface area contributed by atoms with Crippen LogP contribution in [0.1, 0.15) is 0 Å². The summed E-state index contributed by atoms with van der Waals surface area (Å²) >= 11 is 4.34. The smallest absolute Gasteiger partial charge is 0.333 e. The highest BCUT2D eigenvalue weighted by molar-refractivity contribution is 7.78. The predicted octanol–water partition coefficient (Wildman–Crippen LogP) is -0.623. The Morgan fingerprint density at radius 1 is 1.75 bits per heavy atom. The summed E-state index contributed by atoms with van der Waals surface area (Å²) < 4.78 is 0. The van der Waals surface area contributed by atoms with Crippen LogP contribution in [0.5, 0.6) is 0 Å². The summed E-state index contributed by atoms with van der Waals surface area (Å²) in [4.78, 5) is 10.2. The molecule has 0 aliphatic carbocycles. The van der Waals surface area contributed by atoms with E-state index < -0.39 is 0 Å². The number of hydrazine groups is 1. The molecule has 4 nitrogen and oxygen atoms in total. The number of hydrogen-bond donors (Lipinski definition) is 3. The quantitative estimate of drug-likeness (QED) is 0.347. The Hall–Kier alpha value is -0.840. The predicted molar refractivity (Wildman–Crippen MR) is 34.4 cm³/mol. The monoisotopic (exact) mass is 133 g/mol. The fourth-order valence-electron chi connectivity index (χ4n) is 0.158. The summed E-state index contributed by atoms with van der Waals surface area (Å²) in [6.45, 7) is 0. The first-order valence-corrected chi connectivity index (χ1v) is 2.45. The second-order valence-corrected chi connectivity index (χ2v) is 1.20. The van der Waals surface area contributed by atoms with Crippen molar-refractivity contribution in [2.24, 2.45) is 0 Å². The molecular formula is C3H7N3OS. The van der Waals surface area contributed by atoms with Gasteiger partial charge in [-0.25, -0.2) is 4.79 Å². The van der Waals surface area contributed by atoms with Crippen molar-refractivity contribution in [3.8, 4) is 0 Å². The van der Waals surface area contributed by atoms with Gasteiger partial charge in [0.25, 0.3) is 0 Å². The topological polar surface area (TPSA) is 53.2 Å².